The summed E-state index contributed by atoms with van der Waals surface area (Å²) >= 11 is 0. The average molecular weight is 220 g/mol. The van der Waals surface area contributed by atoms with Gasteiger partial charge in [0, 0.05) is 0 Å². The van der Waals surface area contributed by atoms with E-state index in [9.17, 15) is 22.7 Å². The Kier molecular flexibility index (Phi) is 2.05. The Balaban J connectivity index is 2.55. The van der Waals surface area contributed by atoms with E-state index < -0.39 is 23.2 Å². The van der Waals surface area contributed by atoms with Crippen LogP contribution in [0.4, 0.5) is 17.6 Å². The van der Waals surface area contributed by atoms with Crippen molar-refractivity contribution in [1.29, 1.82) is 0 Å². The molecule has 0 atom stereocenters. The number of benzene rings is 1. The van der Waals surface area contributed by atoms with Gasteiger partial charge in [0.2, 0.25) is 0 Å². The van der Waals surface area contributed by atoms with Crippen molar-refractivity contribution in [3.63, 3.8) is 0 Å². The number of halogens is 4. The van der Waals surface area contributed by atoms with Crippen LogP contribution < -0.4 is 0 Å². The van der Waals surface area contributed by atoms with E-state index in [1.54, 1.807) is 0 Å². The molecule has 0 bridgehead atoms. The molecular formula is C10H8F4O. The molecule has 0 unspecified atom stereocenters. The Labute approximate surface area is 83.3 Å². The molecule has 15 heavy (non-hydrogen) atoms. The predicted octanol–water partition coefficient (Wildman–Crippen LogP) is 2.83. The van der Waals surface area contributed by atoms with Crippen LogP contribution in [0.3, 0.4) is 0 Å². The summed E-state index contributed by atoms with van der Waals surface area (Å²) in [5.74, 6) is -0.765. The predicted molar refractivity (Wildman–Crippen MR) is 44.5 cm³/mol. The van der Waals surface area contributed by atoms with Crippen molar-refractivity contribution >= 4 is 0 Å². The lowest BCUT2D eigenvalue weighted by atomic mass is 10.00. The quantitative estimate of drug-likeness (QED) is 0.721. The Morgan fingerprint density at radius 3 is 2.27 bits per heavy atom. The highest BCUT2D eigenvalue weighted by Gasteiger charge is 2.48. The molecule has 1 nitrogen and oxygen atoms in total. The van der Waals surface area contributed by atoms with Crippen molar-refractivity contribution in [3.8, 4) is 0 Å². The fourth-order valence-corrected chi connectivity index (χ4v) is 1.54. The topological polar surface area (TPSA) is 20.2 Å². The average Bonchev–Trinajstić information content (AvgIpc) is 2.83. The number of rotatable bonds is 1. The fraction of sp³-hybridized carbons (Fsp3) is 0.400. The van der Waals surface area contributed by atoms with Crippen molar-refractivity contribution in [1.82, 2.24) is 0 Å². The lowest BCUT2D eigenvalue weighted by Crippen LogP contribution is -2.16. The molecule has 1 saturated carbocycles. The van der Waals surface area contributed by atoms with E-state index in [2.05, 4.69) is 0 Å². The molecule has 0 aliphatic heterocycles. The fourth-order valence-electron chi connectivity index (χ4n) is 1.54. The minimum Gasteiger partial charge on any atom is -0.385 e. The normalized spacial score (nSPS) is 19.0. The Bertz CT molecular complexity index is 393. The van der Waals surface area contributed by atoms with Crippen LogP contribution in [0.2, 0.25) is 0 Å². The zero-order valence-corrected chi connectivity index (χ0v) is 7.61. The second-order valence-electron chi connectivity index (χ2n) is 3.72. The van der Waals surface area contributed by atoms with Crippen molar-refractivity contribution in [3.05, 3.63) is 35.1 Å². The van der Waals surface area contributed by atoms with Gasteiger partial charge in [0.05, 0.1) is 11.2 Å². The van der Waals surface area contributed by atoms with Crippen LogP contribution in [0.15, 0.2) is 18.2 Å². The molecule has 0 heterocycles. The maximum absolute atomic E-state index is 12.8. The minimum atomic E-state index is -4.55. The van der Waals surface area contributed by atoms with Gasteiger partial charge in [0.1, 0.15) is 5.82 Å². The van der Waals surface area contributed by atoms with E-state index in [-0.39, 0.29) is 18.4 Å². The third-order valence-electron chi connectivity index (χ3n) is 2.51. The van der Waals surface area contributed by atoms with Gasteiger partial charge in [-0.15, -0.1) is 0 Å². The minimum absolute atomic E-state index is 0.250. The van der Waals surface area contributed by atoms with Gasteiger partial charge in [-0.3, -0.25) is 0 Å². The molecule has 1 aromatic rings. The van der Waals surface area contributed by atoms with E-state index in [0.717, 1.165) is 12.1 Å². The SMILES string of the molecule is OC1(c2cc(F)ccc2C(F)(F)F)CC1. The maximum Gasteiger partial charge on any atom is 0.416 e. The molecule has 0 amide bonds. The van der Waals surface area contributed by atoms with Crippen LogP contribution in [0.1, 0.15) is 24.0 Å². The van der Waals surface area contributed by atoms with E-state index in [0.29, 0.717) is 6.07 Å². The third-order valence-corrected chi connectivity index (χ3v) is 2.51. The molecule has 1 aromatic carbocycles. The van der Waals surface area contributed by atoms with E-state index in [1.807, 2.05) is 0 Å². The Morgan fingerprint density at radius 2 is 1.80 bits per heavy atom. The van der Waals surface area contributed by atoms with Gasteiger partial charge >= 0.3 is 6.18 Å². The second-order valence-corrected chi connectivity index (χ2v) is 3.72. The maximum atomic E-state index is 12.8. The smallest absolute Gasteiger partial charge is 0.385 e. The summed E-state index contributed by atoms with van der Waals surface area (Å²) in [5.41, 5.74) is -2.79. The van der Waals surface area contributed by atoms with Crippen LogP contribution in [-0.2, 0) is 11.8 Å². The molecule has 1 aliphatic carbocycles. The first-order valence-electron chi connectivity index (χ1n) is 4.42. The van der Waals surface area contributed by atoms with Gasteiger partial charge in [-0.1, -0.05) is 0 Å². The third kappa shape index (κ3) is 1.84. The largest absolute Gasteiger partial charge is 0.416 e. The van der Waals surface area contributed by atoms with Crippen LogP contribution >= 0.6 is 0 Å². The monoisotopic (exact) mass is 220 g/mol. The molecular weight excluding hydrogens is 212 g/mol. The summed E-state index contributed by atoms with van der Waals surface area (Å²) in [6.07, 6.45) is -4.06. The molecule has 1 N–H and O–H groups in total. The first-order valence-corrected chi connectivity index (χ1v) is 4.42. The number of alkyl halides is 3. The molecule has 1 fully saturated rings. The van der Waals surface area contributed by atoms with Gasteiger partial charge in [-0.05, 0) is 36.6 Å². The van der Waals surface area contributed by atoms with E-state index in [1.165, 1.54) is 0 Å². The molecule has 0 saturated heterocycles. The molecule has 0 aromatic heterocycles. The summed E-state index contributed by atoms with van der Waals surface area (Å²) in [7, 11) is 0. The van der Waals surface area contributed by atoms with Crippen molar-refractivity contribution in [2.75, 3.05) is 0 Å². The standard InChI is InChI=1S/C10H8F4O/c11-6-1-2-7(10(12,13)14)8(5-6)9(15)3-4-9/h1-2,5,15H,3-4H2. The van der Waals surface area contributed by atoms with Crippen molar-refractivity contribution < 1.29 is 22.7 Å². The summed E-state index contributed by atoms with van der Waals surface area (Å²) < 4.78 is 50.3. The van der Waals surface area contributed by atoms with Gasteiger partial charge in [-0.2, -0.15) is 13.2 Å². The molecule has 0 radical (unpaired) electrons. The van der Waals surface area contributed by atoms with Crippen molar-refractivity contribution in [2.45, 2.75) is 24.6 Å². The Hall–Kier alpha value is -1.10. The van der Waals surface area contributed by atoms with Gasteiger partial charge in [-0.25, -0.2) is 4.39 Å². The van der Waals surface area contributed by atoms with Crippen LogP contribution in [0, 0.1) is 5.82 Å². The summed E-state index contributed by atoms with van der Waals surface area (Å²) in [4.78, 5) is 0. The summed E-state index contributed by atoms with van der Waals surface area (Å²) in [6, 6.07) is 2.18. The molecule has 0 spiro atoms. The Morgan fingerprint density at radius 1 is 1.20 bits per heavy atom. The van der Waals surface area contributed by atoms with Crippen molar-refractivity contribution in [2.24, 2.45) is 0 Å². The second kappa shape index (κ2) is 2.95. The first kappa shape index (κ1) is 10.4. The van der Waals surface area contributed by atoms with Gasteiger partial charge in [0.15, 0.2) is 0 Å². The summed E-state index contributed by atoms with van der Waals surface area (Å²) in [6.45, 7) is 0. The molecule has 82 valence electrons. The zero-order chi connectivity index (χ0) is 11.3. The molecule has 1 aliphatic rings. The number of hydrogen-bond donors (Lipinski definition) is 1. The van der Waals surface area contributed by atoms with E-state index in [4.69, 9.17) is 0 Å². The number of aliphatic hydroxyl groups is 1. The highest BCUT2D eigenvalue weighted by atomic mass is 19.4. The van der Waals surface area contributed by atoms with Crippen LogP contribution in [-0.4, -0.2) is 5.11 Å². The zero-order valence-electron chi connectivity index (χ0n) is 7.61. The number of hydrogen-bond acceptors (Lipinski definition) is 1. The molecule has 2 rings (SSSR count). The van der Waals surface area contributed by atoms with E-state index >= 15 is 0 Å². The molecule has 5 heteroatoms. The van der Waals surface area contributed by atoms with Crippen LogP contribution in [0.5, 0.6) is 0 Å². The summed E-state index contributed by atoms with van der Waals surface area (Å²) in [5, 5.41) is 9.60. The first-order chi connectivity index (χ1) is 6.83. The lowest BCUT2D eigenvalue weighted by molar-refractivity contribution is -0.139. The van der Waals surface area contributed by atoms with Crippen LogP contribution in [0.25, 0.3) is 0 Å². The lowest BCUT2D eigenvalue weighted by Gasteiger charge is -2.16. The van der Waals surface area contributed by atoms with Gasteiger partial charge < -0.3 is 5.11 Å². The highest BCUT2D eigenvalue weighted by molar-refractivity contribution is 5.38. The van der Waals surface area contributed by atoms with Gasteiger partial charge in [0.25, 0.3) is 0 Å². The highest BCUT2D eigenvalue weighted by Crippen LogP contribution is 2.49.